The van der Waals surface area contributed by atoms with Gasteiger partial charge in [-0.2, -0.15) is 4.98 Å². The molecular weight excluding hydrogens is 230 g/mol. The number of benzene rings is 1. The highest BCUT2D eigenvalue weighted by molar-refractivity contribution is 5.32. The van der Waals surface area contributed by atoms with Crippen LogP contribution in [0.3, 0.4) is 0 Å². The van der Waals surface area contributed by atoms with Crippen molar-refractivity contribution in [2.24, 2.45) is 0 Å². The quantitative estimate of drug-likeness (QED) is 0.744. The van der Waals surface area contributed by atoms with Gasteiger partial charge in [0.15, 0.2) is 0 Å². The molecule has 6 nitrogen and oxygen atoms in total. The maximum absolute atomic E-state index is 5.81. The third kappa shape index (κ3) is 3.21. The number of nitrogens with two attached hydrogens (primary N) is 1. The molecule has 1 aromatic carbocycles. The minimum atomic E-state index is 0.402. The molecule has 2 aromatic rings. The zero-order chi connectivity index (χ0) is 12.8. The molecular formula is C12H17N5O. The largest absolute Gasteiger partial charge is 0.383 e. The van der Waals surface area contributed by atoms with Gasteiger partial charge < -0.3 is 15.8 Å². The molecule has 3 N–H and O–H groups in total. The predicted octanol–water partition coefficient (Wildman–Crippen LogP) is 0.967. The van der Waals surface area contributed by atoms with Gasteiger partial charge in [-0.1, -0.05) is 30.3 Å². The van der Waals surface area contributed by atoms with Gasteiger partial charge in [0.1, 0.15) is 0 Å². The van der Waals surface area contributed by atoms with Crippen molar-refractivity contribution in [1.82, 2.24) is 14.8 Å². The summed E-state index contributed by atoms with van der Waals surface area (Å²) in [6.07, 6.45) is 0. The number of hydrogen-bond donors (Lipinski definition) is 2. The van der Waals surface area contributed by atoms with Crippen molar-refractivity contribution in [3.05, 3.63) is 35.9 Å². The Bertz CT molecular complexity index is 482. The van der Waals surface area contributed by atoms with Crippen molar-refractivity contribution in [2.75, 3.05) is 31.3 Å². The zero-order valence-electron chi connectivity index (χ0n) is 10.3. The second-order valence-electron chi connectivity index (χ2n) is 3.86. The van der Waals surface area contributed by atoms with Gasteiger partial charge in [0, 0.05) is 13.7 Å². The van der Waals surface area contributed by atoms with Crippen LogP contribution in [0.4, 0.5) is 11.9 Å². The normalized spacial score (nSPS) is 10.5. The van der Waals surface area contributed by atoms with Gasteiger partial charge in [0.25, 0.3) is 0 Å². The van der Waals surface area contributed by atoms with E-state index in [1.165, 1.54) is 0 Å². The number of aromatic nitrogens is 3. The summed E-state index contributed by atoms with van der Waals surface area (Å²) in [5.41, 5.74) is 6.95. The Morgan fingerprint density at radius 2 is 2.11 bits per heavy atom. The molecule has 0 atom stereocenters. The van der Waals surface area contributed by atoms with E-state index in [0.717, 1.165) is 5.56 Å². The molecule has 96 valence electrons. The Morgan fingerprint density at radius 1 is 1.33 bits per heavy atom. The van der Waals surface area contributed by atoms with Gasteiger partial charge in [0.2, 0.25) is 11.9 Å². The first-order chi connectivity index (χ1) is 8.79. The summed E-state index contributed by atoms with van der Waals surface area (Å²) in [5.74, 6) is 0.930. The lowest BCUT2D eigenvalue weighted by Crippen LogP contribution is -2.09. The summed E-state index contributed by atoms with van der Waals surface area (Å²) >= 11 is 0. The Labute approximate surface area is 106 Å². The molecule has 0 saturated carbocycles. The van der Waals surface area contributed by atoms with E-state index in [0.29, 0.717) is 31.6 Å². The SMILES string of the molecule is COCCNc1nc(N)n(Cc2ccccc2)n1. The number of nitrogen functional groups attached to an aromatic ring is 1. The first-order valence-electron chi connectivity index (χ1n) is 5.76. The van der Waals surface area contributed by atoms with E-state index < -0.39 is 0 Å². The molecule has 18 heavy (non-hydrogen) atoms. The van der Waals surface area contributed by atoms with E-state index in [9.17, 15) is 0 Å². The fourth-order valence-corrected chi connectivity index (χ4v) is 1.57. The third-order valence-electron chi connectivity index (χ3n) is 2.46. The Balaban J connectivity index is 2.01. The van der Waals surface area contributed by atoms with Crippen molar-refractivity contribution in [3.8, 4) is 0 Å². The van der Waals surface area contributed by atoms with Crippen LogP contribution in [-0.2, 0) is 11.3 Å². The minimum Gasteiger partial charge on any atom is -0.383 e. The topological polar surface area (TPSA) is 78.0 Å². The van der Waals surface area contributed by atoms with Gasteiger partial charge in [-0.05, 0) is 5.56 Å². The van der Waals surface area contributed by atoms with Gasteiger partial charge in [0.05, 0.1) is 13.2 Å². The average molecular weight is 247 g/mol. The molecule has 0 aliphatic heterocycles. The van der Waals surface area contributed by atoms with Crippen LogP contribution < -0.4 is 11.1 Å². The zero-order valence-corrected chi connectivity index (χ0v) is 10.3. The van der Waals surface area contributed by atoms with Gasteiger partial charge in [-0.25, -0.2) is 4.68 Å². The lowest BCUT2D eigenvalue weighted by Gasteiger charge is -2.02. The number of nitrogens with one attached hydrogen (secondary N) is 1. The van der Waals surface area contributed by atoms with Crippen LogP contribution in [-0.4, -0.2) is 35.0 Å². The van der Waals surface area contributed by atoms with Crippen molar-refractivity contribution in [1.29, 1.82) is 0 Å². The van der Waals surface area contributed by atoms with E-state index in [4.69, 9.17) is 10.5 Å². The van der Waals surface area contributed by atoms with Crippen molar-refractivity contribution < 1.29 is 4.74 Å². The minimum absolute atomic E-state index is 0.402. The van der Waals surface area contributed by atoms with Crippen LogP contribution in [0.25, 0.3) is 0 Å². The van der Waals surface area contributed by atoms with E-state index in [1.807, 2.05) is 30.3 Å². The molecule has 0 spiro atoms. The summed E-state index contributed by atoms with van der Waals surface area (Å²) in [6, 6.07) is 10.0. The van der Waals surface area contributed by atoms with E-state index in [2.05, 4.69) is 15.4 Å². The second kappa shape index (κ2) is 6.02. The highest BCUT2D eigenvalue weighted by atomic mass is 16.5. The molecule has 0 radical (unpaired) electrons. The fourth-order valence-electron chi connectivity index (χ4n) is 1.57. The number of ether oxygens (including phenoxy) is 1. The maximum Gasteiger partial charge on any atom is 0.244 e. The van der Waals surface area contributed by atoms with Crippen LogP contribution in [0, 0.1) is 0 Å². The van der Waals surface area contributed by atoms with Gasteiger partial charge in [-0.15, -0.1) is 5.10 Å². The monoisotopic (exact) mass is 247 g/mol. The average Bonchev–Trinajstić information content (AvgIpc) is 2.72. The van der Waals surface area contributed by atoms with Crippen LogP contribution in [0.15, 0.2) is 30.3 Å². The Morgan fingerprint density at radius 3 is 2.83 bits per heavy atom. The first kappa shape index (κ1) is 12.4. The number of nitrogens with zero attached hydrogens (tertiary/aromatic N) is 3. The van der Waals surface area contributed by atoms with E-state index >= 15 is 0 Å². The van der Waals surface area contributed by atoms with Crippen LogP contribution in [0.2, 0.25) is 0 Å². The first-order valence-corrected chi connectivity index (χ1v) is 5.76. The maximum atomic E-state index is 5.81. The smallest absolute Gasteiger partial charge is 0.244 e. The van der Waals surface area contributed by atoms with Crippen molar-refractivity contribution in [3.63, 3.8) is 0 Å². The molecule has 0 aliphatic rings. The molecule has 1 heterocycles. The molecule has 0 amide bonds. The van der Waals surface area contributed by atoms with Gasteiger partial charge in [-0.3, -0.25) is 0 Å². The summed E-state index contributed by atoms with van der Waals surface area (Å²) < 4.78 is 6.61. The van der Waals surface area contributed by atoms with Crippen LogP contribution >= 0.6 is 0 Å². The van der Waals surface area contributed by atoms with Crippen LogP contribution in [0.1, 0.15) is 5.56 Å². The highest BCUT2D eigenvalue weighted by Gasteiger charge is 2.06. The summed E-state index contributed by atoms with van der Waals surface area (Å²) in [7, 11) is 1.65. The molecule has 0 aliphatic carbocycles. The summed E-state index contributed by atoms with van der Waals surface area (Å²) in [4.78, 5) is 4.14. The Hall–Kier alpha value is -2.08. The van der Waals surface area contributed by atoms with Gasteiger partial charge >= 0.3 is 0 Å². The number of anilines is 2. The molecule has 0 unspecified atom stereocenters. The Kier molecular flexibility index (Phi) is 4.14. The van der Waals surface area contributed by atoms with E-state index in [-0.39, 0.29) is 0 Å². The van der Waals surface area contributed by atoms with E-state index in [1.54, 1.807) is 11.8 Å². The molecule has 2 rings (SSSR count). The molecule has 6 heteroatoms. The summed E-state index contributed by atoms with van der Waals surface area (Å²) in [5, 5.41) is 7.34. The lowest BCUT2D eigenvalue weighted by atomic mass is 10.2. The number of rotatable bonds is 6. The molecule has 0 bridgehead atoms. The lowest BCUT2D eigenvalue weighted by molar-refractivity contribution is 0.210. The molecule has 0 saturated heterocycles. The number of hydrogen-bond acceptors (Lipinski definition) is 5. The van der Waals surface area contributed by atoms with Crippen molar-refractivity contribution >= 4 is 11.9 Å². The van der Waals surface area contributed by atoms with Crippen molar-refractivity contribution in [2.45, 2.75) is 6.54 Å². The highest BCUT2D eigenvalue weighted by Crippen LogP contribution is 2.08. The van der Waals surface area contributed by atoms with Crippen LogP contribution in [0.5, 0.6) is 0 Å². The summed E-state index contributed by atoms with van der Waals surface area (Å²) in [6.45, 7) is 1.88. The predicted molar refractivity (Wildman–Crippen MR) is 70.3 cm³/mol. The second-order valence-corrected chi connectivity index (χ2v) is 3.86. The fraction of sp³-hybridized carbons (Fsp3) is 0.333. The number of methoxy groups -OCH3 is 1. The molecule has 1 aromatic heterocycles. The molecule has 0 fully saturated rings. The standard InChI is InChI=1S/C12H17N5O/c1-18-8-7-14-12-15-11(13)17(16-12)9-10-5-3-2-4-6-10/h2-6H,7-9H2,1H3,(H3,13,14,15,16). The third-order valence-corrected chi connectivity index (χ3v) is 2.46.